The predicted molar refractivity (Wildman–Crippen MR) is 74.5 cm³/mol. The van der Waals surface area contributed by atoms with Gasteiger partial charge in [0, 0.05) is 15.8 Å². The van der Waals surface area contributed by atoms with Crippen LogP contribution in [0.15, 0.2) is 69.3 Å². The third kappa shape index (κ3) is 2.83. The molecule has 2 aromatic carbocycles. The maximum absolute atomic E-state index is 2.27. The van der Waals surface area contributed by atoms with Gasteiger partial charge in [0.25, 0.3) is 0 Å². The zero-order valence-corrected chi connectivity index (χ0v) is 11.1. The van der Waals surface area contributed by atoms with E-state index in [1.54, 1.807) is 0 Å². The summed E-state index contributed by atoms with van der Waals surface area (Å²) in [5.74, 6) is 0. The first kappa shape index (κ1) is 11.6. The Morgan fingerprint density at radius 2 is 1.44 bits per heavy atom. The highest BCUT2D eigenvalue weighted by Gasteiger charge is 2.14. The zero-order chi connectivity index (χ0) is 11.4. The quantitative estimate of drug-likeness (QED) is 0.737. The second kappa shape index (κ2) is 5.46. The van der Waals surface area contributed by atoms with Crippen LogP contribution >= 0.6 is 11.8 Å². The Morgan fingerprint density at radius 1 is 0.812 bits per heavy atom. The summed E-state index contributed by atoms with van der Waals surface area (Å²) in [6.45, 7) is 0. The molecule has 2 heteroatoms. The van der Waals surface area contributed by atoms with E-state index >= 15 is 0 Å². The maximum Gasteiger partial charge on any atom is 0.168 e. The maximum atomic E-state index is 2.27. The van der Waals surface area contributed by atoms with E-state index in [4.69, 9.17) is 0 Å². The van der Waals surface area contributed by atoms with Crippen LogP contribution in [-0.2, 0) is 10.9 Å². The van der Waals surface area contributed by atoms with Crippen molar-refractivity contribution in [3.05, 3.63) is 54.6 Å². The van der Waals surface area contributed by atoms with Crippen molar-refractivity contribution in [1.82, 2.24) is 0 Å². The van der Waals surface area contributed by atoms with E-state index in [-0.39, 0.29) is 0 Å². The molecule has 0 bridgehead atoms. The first-order valence-electron chi connectivity index (χ1n) is 5.17. The average Bonchev–Trinajstić information content (AvgIpc) is 2.31. The van der Waals surface area contributed by atoms with Gasteiger partial charge in [-0.1, -0.05) is 42.1 Å². The number of hydrogen-bond donors (Lipinski definition) is 0. The lowest BCUT2D eigenvalue weighted by Gasteiger charge is -2.05. The Kier molecular flexibility index (Phi) is 3.97. The van der Waals surface area contributed by atoms with Crippen molar-refractivity contribution in [1.29, 1.82) is 0 Å². The molecule has 2 rings (SSSR count). The molecule has 0 saturated carbocycles. The Morgan fingerprint density at radius 3 is 2.12 bits per heavy atom. The van der Waals surface area contributed by atoms with E-state index in [0.29, 0.717) is 10.9 Å². The van der Waals surface area contributed by atoms with E-state index in [1.807, 2.05) is 11.8 Å². The SMILES string of the molecule is C[S+](C)c1ccccc1Sc1ccccc1. The first-order valence-corrected chi connectivity index (χ1v) is 8.02. The number of hydrogen-bond acceptors (Lipinski definition) is 1. The van der Waals surface area contributed by atoms with Crippen molar-refractivity contribution in [3.63, 3.8) is 0 Å². The molecule has 2 aromatic rings. The molecule has 82 valence electrons. The third-order valence-corrected chi connectivity index (χ3v) is 4.71. The Balaban J connectivity index is 2.28. The molecule has 0 heterocycles. The summed E-state index contributed by atoms with van der Waals surface area (Å²) in [6.07, 6.45) is 4.54. The minimum Gasteiger partial charge on any atom is -0.0848 e. The summed E-state index contributed by atoms with van der Waals surface area (Å²) in [5.41, 5.74) is 0. The summed E-state index contributed by atoms with van der Waals surface area (Å²) >= 11 is 1.85. The fourth-order valence-electron chi connectivity index (χ4n) is 1.49. The number of benzene rings is 2. The van der Waals surface area contributed by atoms with E-state index in [9.17, 15) is 0 Å². The molecular weight excluding hydrogens is 232 g/mol. The van der Waals surface area contributed by atoms with Crippen molar-refractivity contribution in [2.75, 3.05) is 12.5 Å². The molecule has 0 amide bonds. The van der Waals surface area contributed by atoms with E-state index < -0.39 is 0 Å². The zero-order valence-electron chi connectivity index (χ0n) is 9.51. The lowest BCUT2D eigenvalue weighted by molar-refractivity contribution is 1.23. The molecular formula is C14H15S2+. The molecule has 0 unspecified atom stereocenters. The van der Waals surface area contributed by atoms with Gasteiger partial charge in [0.05, 0.1) is 4.90 Å². The van der Waals surface area contributed by atoms with Gasteiger partial charge in [-0.15, -0.1) is 0 Å². The molecule has 0 radical (unpaired) electrons. The van der Waals surface area contributed by atoms with Gasteiger partial charge in [-0.05, 0) is 24.3 Å². The summed E-state index contributed by atoms with van der Waals surface area (Å²) in [6, 6.07) is 19.2. The van der Waals surface area contributed by atoms with Gasteiger partial charge in [0.2, 0.25) is 0 Å². The van der Waals surface area contributed by atoms with Gasteiger partial charge in [-0.2, -0.15) is 0 Å². The van der Waals surface area contributed by atoms with Crippen LogP contribution in [0, 0.1) is 0 Å². The Hall–Kier alpha value is -0.860. The minimum atomic E-state index is 0.315. The standard InChI is InChI=1S/C14H15S2/c1-16(2)14-11-7-6-10-13(14)15-12-8-4-3-5-9-12/h3-11H,1-2H3/q+1. The molecule has 16 heavy (non-hydrogen) atoms. The van der Waals surface area contributed by atoms with Crippen LogP contribution in [0.2, 0.25) is 0 Å². The van der Waals surface area contributed by atoms with Crippen LogP contribution in [-0.4, -0.2) is 12.5 Å². The smallest absolute Gasteiger partial charge is 0.0848 e. The molecule has 0 saturated heterocycles. The van der Waals surface area contributed by atoms with E-state index in [1.165, 1.54) is 14.7 Å². The van der Waals surface area contributed by atoms with Crippen molar-refractivity contribution >= 4 is 22.7 Å². The first-order chi connectivity index (χ1) is 7.77. The highest BCUT2D eigenvalue weighted by Crippen LogP contribution is 2.32. The van der Waals surface area contributed by atoms with Gasteiger partial charge < -0.3 is 0 Å². The molecule has 0 aliphatic rings. The summed E-state index contributed by atoms with van der Waals surface area (Å²) in [5, 5.41) is 0. The largest absolute Gasteiger partial charge is 0.168 e. The lowest BCUT2D eigenvalue weighted by Crippen LogP contribution is -1.97. The van der Waals surface area contributed by atoms with Crippen molar-refractivity contribution in [3.8, 4) is 0 Å². The lowest BCUT2D eigenvalue weighted by atomic mass is 10.4. The van der Waals surface area contributed by atoms with Crippen LogP contribution in [0.5, 0.6) is 0 Å². The van der Waals surface area contributed by atoms with Crippen LogP contribution in [0.25, 0.3) is 0 Å². The van der Waals surface area contributed by atoms with Crippen LogP contribution in [0.4, 0.5) is 0 Å². The normalized spacial score (nSPS) is 10.7. The highest BCUT2D eigenvalue weighted by molar-refractivity contribution is 8.01. The monoisotopic (exact) mass is 247 g/mol. The molecule has 0 aliphatic heterocycles. The fraction of sp³-hybridized carbons (Fsp3) is 0.143. The molecule has 0 aromatic heterocycles. The Labute approximate surface area is 104 Å². The van der Waals surface area contributed by atoms with Gasteiger partial charge in [-0.25, -0.2) is 0 Å². The topological polar surface area (TPSA) is 0 Å². The summed E-state index contributed by atoms with van der Waals surface area (Å²) in [4.78, 5) is 4.14. The molecule has 0 nitrogen and oxygen atoms in total. The van der Waals surface area contributed by atoms with Crippen LogP contribution in [0.1, 0.15) is 0 Å². The van der Waals surface area contributed by atoms with E-state index in [0.717, 1.165) is 0 Å². The highest BCUT2D eigenvalue weighted by atomic mass is 32.2. The Bertz CT molecular complexity index is 449. The summed E-state index contributed by atoms with van der Waals surface area (Å²) < 4.78 is 0. The van der Waals surface area contributed by atoms with E-state index in [2.05, 4.69) is 67.1 Å². The molecule has 0 N–H and O–H groups in total. The van der Waals surface area contributed by atoms with Crippen molar-refractivity contribution in [2.24, 2.45) is 0 Å². The minimum absolute atomic E-state index is 0.315. The fourth-order valence-corrected chi connectivity index (χ4v) is 3.80. The average molecular weight is 247 g/mol. The van der Waals surface area contributed by atoms with Gasteiger partial charge in [0.1, 0.15) is 12.5 Å². The second-order valence-electron chi connectivity index (χ2n) is 3.68. The number of rotatable bonds is 3. The summed E-state index contributed by atoms with van der Waals surface area (Å²) in [7, 11) is 0.315. The van der Waals surface area contributed by atoms with Gasteiger partial charge >= 0.3 is 0 Å². The van der Waals surface area contributed by atoms with Crippen LogP contribution in [0.3, 0.4) is 0 Å². The molecule has 0 aliphatic carbocycles. The van der Waals surface area contributed by atoms with Crippen molar-refractivity contribution < 1.29 is 0 Å². The molecule has 0 spiro atoms. The van der Waals surface area contributed by atoms with Gasteiger partial charge in [0.15, 0.2) is 4.90 Å². The molecule has 0 fully saturated rings. The van der Waals surface area contributed by atoms with Crippen LogP contribution < -0.4 is 0 Å². The van der Waals surface area contributed by atoms with Crippen molar-refractivity contribution in [2.45, 2.75) is 14.7 Å². The molecule has 0 atom stereocenters. The third-order valence-electron chi connectivity index (χ3n) is 2.26. The second-order valence-corrected chi connectivity index (χ2v) is 6.87. The predicted octanol–water partition coefficient (Wildman–Crippen LogP) is 4.07. The van der Waals surface area contributed by atoms with Gasteiger partial charge in [-0.3, -0.25) is 0 Å².